The van der Waals surface area contributed by atoms with Crippen molar-refractivity contribution in [2.75, 3.05) is 13.1 Å². The first-order valence-corrected chi connectivity index (χ1v) is 7.28. The number of imidazole rings is 1. The summed E-state index contributed by atoms with van der Waals surface area (Å²) in [5.74, 6) is 0.151. The standard InChI is InChI=1S/C15H17N5O/c1-10(21)19-6-2-3-11(8-19)20-9-18-13-7-17-15-12(14(13)20)4-5-16-15/h4-5,7,9,11H,2-3,6,8H2,1H3,(H,16,17). The van der Waals surface area contributed by atoms with Crippen LogP contribution in [0.2, 0.25) is 0 Å². The maximum Gasteiger partial charge on any atom is 0.219 e. The number of hydrogen-bond acceptors (Lipinski definition) is 3. The molecule has 1 saturated heterocycles. The third kappa shape index (κ3) is 1.90. The smallest absolute Gasteiger partial charge is 0.219 e. The van der Waals surface area contributed by atoms with Crippen molar-refractivity contribution in [3.8, 4) is 0 Å². The molecule has 1 N–H and O–H groups in total. The summed E-state index contributed by atoms with van der Waals surface area (Å²) in [7, 11) is 0. The van der Waals surface area contributed by atoms with Gasteiger partial charge in [0.25, 0.3) is 0 Å². The van der Waals surface area contributed by atoms with Crippen molar-refractivity contribution in [2.24, 2.45) is 0 Å². The van der Waals surface area contributed by atoms with Gasteiger partial charge in [0, 0.05) is 31.6 Å². The van der Waals surface area contributed by atoms with E-state index in [4.69, 9.17) is 0 Å². The van der Waals surface area contributed by atoms with E-state index < -0.39 is 0 Å². The molecule has 3 aromatic heterocycles. The van der Waals surface area contributed by atoms with Gasteiger partial charge in [-0.05, 0) is 18.9 Å². The molecule has 0 aliphatic carbocycles. The molecule has 1 atom stereocenters. The number of H-pyrrole nitrogens is 1. The maximum absolute atomic E-state index is 11.6. The Morgan fingerprint density at radius 2 is 2.33 bits per heavy atom. The monoisotopic (exact) mass is 283 g/mol. The van der Waals surface area contributed by atoms with Gasteiger partial charge in [-0.1, -0.05) is 0 Å². The normalized spacial score (nSPS) is 19.5. The van der Waals surface area contributed by atoms with Crippen LogP contribution in [0.15, 0.2) is 24.8 Å². The molecule has 1 unspecified atom stereocenters. The second kappa shape index (κ2) is 4.58. The van der Waals surface area contributed by atoms with Crippen LogP contribution in [0.1, 0.15) is 25.8 Å². The van der Waals surface area contributed by atoms with Crippen molar-refractivity contribution < 1.29 is 4.79 Å². The molecule has 0 bridgehead atoms. The molecule has 1 aliphatic heterocycles. The summed E-state index contributed by atoms with van der Waals surface area (Å²) in [5, 5.41) is 1.09. The van der Waals surface area contributed by atoms with Gasteiger partial charge >= 0.3 is 0 Å². The molecular weight excluding hydrogens is 266 g/mol. The van der Waals surface area contributed by atoms with Crippen molar-refractivity contribution in [3.05, 3.63) is 24.8 Å². The summed E-state index contributed by atoms with van der Waals surface area (Å²) in [6, 6.07) is 2.32. The van der Waals surface area contributed by atoms with Crippen LogP contribution in [0.5, 0.6) is 0 Å². The quantitative estimate of drug-likeness (QED) is 0.743. The Labute approximate surface area is 121 Å². The first-order chi connectivity index (χ1) is 10.2. The van der Waals surface area contributed by atoms with Crippen molar-refractivity contribution in [2.45, 2.75) is 25.8 Å². The highest BCUT2D eigenvalue weighted by molar-refractivity contribution is 6.00. The van der Waals surface area contributed by atoms with E-state index in [1.807, 2.05) is 23.5 Å². The number of nitrogens with zero attached hydrogens (tertiary/aromatic N) is 4. The van der Waals surface area contributed by atoms with Gasteiger partial charge in [0.2, 0.25) is 5.91 Å². The number of pyridine rings is 1. The molecule has 1 fully saturated rings. The molecule has 4 rings (SSSR count). The number of fused-ring (bicyclic) bond motifs is 3. The van der Waals surface area contributed by atoms with Crippen LogP contribution < -0.4 is 0 Å². The van der Waals surface area contributed by atoms with Crippen molar-refractivity contribution in [1.82, 2.24) is 24.4 Å². The lowest BCUT2D eigenvalue weighted by Gasteiger charge is -2.33. The number of piperidine rings is 1. The highest BCUT2D eigenvalue weighted by Crippen LogP contribution is 2.29. The molecular formula is C15H17N5O. The van der Waals surface area contributed by atoms with Gasteiger partial charge in [-0.2, -0.15) is 0 Å². The molecule has 3 aromatic rings. The van der Waals surface area contributed by atoms with E-state index in [2.05, 4.69) is 19.5 Å². The number of nitrogens with one attached hydrogen (secondary N) is 1. The van der Waals surface area contributed by atoms with Crippen LogP contribution in [0, 0.1) is 0 Å². The largest absolute Gasteiger partial charge is 0.346 e. The molecule has 4 heterocycles. The second-order valence-electron chi connectivity index (χ2n) is 5.64. The minimum Gasteiger partial charge on any atom is -0.346 e. The molecule has 1 amide bonds. The minimum atomic E-state index is 0.151. The number of carbonyl (C=O) groups excluding carboxylic acids is 1. The number of aromatic amines is 1. The molecule has 0 spiro atoms. The average molecular weight is 283 g/mol. The Bertz CT molecular complexity index is 818. The van der Waals surface area contributed by atoms with Gasteiger partial charge in [0.05, 0.1) is 24.1 Å². The van der Waals surface area contributed by atoms with Gasteiger partial charge in [-0.25, -0.2) is 9.97 Å². The van der Waals surface area contributed by atoms with Gasteiger partial charge in [-0.15, -0.1) is 0 Å². The van der Waals surface area contributed by atoms with E-state index in [-0.39, 0.29) is 11.9 Å². The summed E-state index contributed by atoms with van der Waals surface area (Å²) < 4.78 is 2.21. The second-order valence-corrected chi connectivity index (χ2v) is 5.64. The van der Waals surface area contributed by atoms with E-state index in [0.717, 1.165) is 48.0 Å². The molecule has 6 heteroatoms. The van der Waals surface area contributed by atoms with Crippen molar-refractivity contribution in [3.63, 3.8) is 0 Å². The van der Waals surface area contributed by atoms with Crippen LogP contribution in [-0.4, -0.2) is 43.4 Å². The summed E-state index contributed by atoms with van der Waals surface area (Å²) in [4.78, 5) is 25.6. The van der Waals surface area contributed by atoms with Gasteiger partial charge in [0.1, 0.15) is 11.2 Å². The average Bonchev–Trinajstić information content (AvgIpc) is 3.13. The lowest BCUT2D eigenvalue weighted by molar-refractivity contribution is -0.130. The van der Waals surface area contributed by atoms with E-state index >= 15 is 0 Å². The Morgan fingerprint density at radius 3 is 3.19 bits per heavy atom. The van der Waals surface area contributed by atoms with Crippen LogP contribution in [0.25, 0.3) is 22.1 Å². The Morgan fingerprint density at radius 1 is 1.43 bits per heavy atom. The number of hydrogen-bond donors (Lipinski definition) is 1. The summed E-state index contributed by atoms with van der Waals surface area (Å²) in [5.41, 5.74) is 2.89. The molecule has 0 saturated carbocycles. The fourth-order valence-electron chi connectivity index (χ4n) is 3.28. The third-order valence-electron chi connectivity index (χ3n) is 4.35. The highest BCUT2D eigenvalue weighted by atomic mass is 16.2. The summed E-state index contributed by atoms with van der Waals surface area (Å²) >= 11 is 0. The molecule has 1 aliphatic rings. The van der Waals surface area contributed by atoms with Crippen LogP contribution >= 0.6 is 0 Å². The SMILES string of the molecule is CC(=O)N1CCCC(n2cnc3cnc4[nH]ccc4c32)C1. The zero-order valence-electron chi connectivity index (χ0n) is 11.9. The maximum atomic E-state index is 11.6. The third-order valence-corrected chi connectivity index (χ3v) is 4.35. The number of aromatic nitrogens is 4. The van der Waals surface area contributed by atoms with E-state index in [1.54, 1.807) is 13.1 Å². The van der Waals surface area contributed by atoms with E-state index in [9.17, 15) is 4.79 Å². The molecule has 0 aromatic carbocycles. The lowest BCUT2D eigenvalue weighted by atomic mass is 10.1. The van der Waals surface area contributed by atoms with Crippen LogP contribution in [0.3, 0.4) is 0 Å². The van der Waals surface area contributed by atoms with Crippen molar-refractivity contribution in [1.29, 1.82) is 0 Å². The Hall–Kier alpha value is -2.37. The van der Waals surface area contributed by atoms with Crippen LogP contribution in [-0.2, 0) is 4.79 Å². The van der Waals surface area contributed by atoms with Crippen LogP contribution in [0.4, 0.5) is 0 Å². The fourth-order valence-corrected chi connectivity index (χ4v) is 3.28. The van der Waals surface area contributed by atoms with Gasteiger partial charge in [-0.3, -0.25) is 4.79 Å². The highest BCUT2D eigenvalue weighted by Gasteiger charge is 2.24. The zero-order chi connectivity index (χ0) is 14.4. The Kier molecular flexibility index (Phi) is 2.70. The number of likely N-dealkylation sites (tertiary alicyclic amines) is 1. The molecule has 6 nitrogen and oxygen atoms in total. The van der Waals surface area contributed by atoms with E-state index in [1.165, 1.54) is 0 Å². The Balaban J connectivity index is 1.82. The summed E-state index contributed by atoms with van der Waals surface area (Å²) in [6.07, 6.45) is 7.69. The number of rotatable bonds is 1. The minimum absolute atomic E-state index is 0.151. The molecule has 21 heavy (non-hydrogen) atoms. The first-order valence-electron chi connectivity index (χ1n) is 7.28. The number of carbonyl (C=O) groups is 1. The number of amides is 1. The molecule has 0 radical (unpaired) electrons. The van der Waals surface area contributed by atoms with Gasteiger partial charge < -0.3 is 14.5 Å². The lowest BCUT2D eigenvalue weighted by Crippen LogP contribution is -2.39. The van der Waals surface area contributed by atoms with Crippen molar-refractivity contribution >= 4 is 28.0 Å². The fraction of sp³-hybridized carbons (Fsp3) is 0.400. The predicted molar refractivity (Wildman–Crippen MR) is 79.9 cm³/mol. The topological polar surface area (TPSA) is 66.8 Å². The first kappa shape index (κ1) is 12.4. The van der Waals surface area contributed by atoms with Gasteiger partial charge in [0.15, 0.2) is 0 Å². The predicted octanol–water partition coefficient (Wildman–Crippen LogP) is 2.10. The zero-order valence-corrected chi connectivity index (χ0v) is 11.9. The van der Waals surface area contributed by atoms with E-state index in [0.29, 0.717) is 0 Å². The molecule has 108 valence electrons. The summed E-state index contributed by atoms with van der Waals surface area (Å²) in [6.45, 7) is 3.26.